The van der Waals surface area contributed by atoms with Crippen molar-refractivity contribution < 1.29 is 5.11 Å². The Morgan fingerprint density at radius 3 is 2.76 bits per heavy atom. The summed E-state index contributed by atoms with van der Waals surface area (Å²) >= 11 is 0. The molecule has 0 radical (unpaired) electrons. The van der Waals surface area contributed by atoms with Crippen LogP contribution in [-0.2, 0) is 0 Å². The van der Waals surface area contributed by atoms with Crippen LogP contribution in [0.15, 0.2) is 53.5 Å². The number of benzene rings is 2. The number of fused-ring (bicyclic) bond motifs is 1. The molecule has 3 N–H and O–H groups in total. The molecule has 130 valence electrons. The van der Waals surface area contributed by atoms with Crippen LogP contribution in [0.1, 0.15) is 43.0 Å². The second-order valence-corrected chi connectivity index (χ2v) is 7.17. The predicted molar refractivity (Wildman–Crippen MR) is 102 cm³/mol. The maximum atomic E-state index is 9.74. The topological polar surface area (TPSA) is 56.7 Å². The molecule has 3 unspecified atom stereocenters. The first kappa shape index (κ1) is 16.2. The predicted octanol–water partition coefficient (Wildman–Crippen LogP) is 4.37. The summed E-state index contributed by atoms with van der Waals surface area (Å²) in [5.74, 6) is 1.73. The number of phenols is 1. The minimum Gasteiger partial charge on any atom is -0.508 e. The van der Waals surface area contributed by atoms with Crippen LogP contribution < -0.4 is 10.6 Å². The number of hydrogen-bond acceptors (Lipinski definition) is 4. The summed E-state index contributed by atoms with van der Waals surface area (Å²) < 4.78 is 0. The molecule has 0 spiro atoms. The molecule has 1 saturated carbocycles. The fourth-order valence-electron chi connectivity index (χ4n) is 4.00. The Hall–Kier alpha value is -2.33. The number of phenolic OH excluding ortho intramolecular Hbond substituents is 1. The zero-order chi connectivity index (χ0) is 17.2. The smallest absolute Gasteiger partial charge is 0.127 e. The zero-order valence-corrected chi connectivity index (χ0v) is 14.6. The number of aromatic hydroxyl groups is 1. The first-order valence-corrected chi connectivity index (χ1v) is 9.15. The Kier molecular flexibility index (Phi) is 4.45. The molecule has 0 amide bonds. The van der Waals surface area contributed by atoms with Crippen LogP contribution in [0.2, 0.25) is 0 Å². The van der Waals surface area contributed by atoms with E-state index in [9.17, 15) is 5.11 Å². The highest BCUT2D eigenvalue weighted by Crippen LogP contribution is 2.33. The number of aryl methyl sites for hydroxylation is 1. The Morgan fingerprint density at radius 1 is 1.08 bits per heavy atom. The van der Waals surface area contributed by atoms with Crippen molar-refractivity contribution in [2.24, 2.45) is 10.9 Å². The van der Waals surface area contributed by atoms with Gasteiger partial charge in [-0.1, -0.05) is 48.7 Å². The van der Waals surface area contributed by atoms with E-state index in [-0.39, 0.29) is 11.9 Å². The second-order valence-electron chi connectivity index (χ2n) is 7.17. The fourth-order valence-corrected chi connectivity index (χ4v) is 4.00. The third-order valence-electron chi connectivity index (χ3n) is 5.23. The minimum atomic E-state index is -0.0148. The standard InChI is InChI=1S/C21H25N3O/c1-14-6-4-7-15(12-14)20-23-19-11-3-2-10-18(19)21(24-20)22-16-8-5-9-17(25)13-16/h4-9,12-13,18-20,23,25H,2-3,10-11H2,1H3,(H,22,24). The van der Waals surface area contributed by atoms with E-state index in [0.29, 0.717) is 12.0 Å². The molecule has 1 aliphatic carbocycles. The first-order chi connectivity index (χ1) is 12.2. The molecule has 0 aromatic heterocycles. The van der Waals surface area contributed by atoms with Crippen LogP contribution >= 0.6 is 0 Å². The monoisotopic (exact) mass is 335 g/mol. The summed E-state index contributed by atoms with van der Waals surface area (Å²) in [5.41, 5.74) is 3.36. The van der Waals surface area contributed by atoms with Crippen molar-refractivity contribution in [3.05, 3.63) is 59.7 Å². The molecular weight excluding hydrogens is 310 g/mol. The third-order valence-corrected chi connectivity index (χ3v) is 5.23. The van der Waals surface area contributed by atoms with Crippen molar-refractivity contribution in [1.29, 1.82) is 0 Å². The van der Waals surface area contributed by atoms with Gasteiger partial charge in [-0.05, 0) is 37.5 Å². The van der Waals surface area contributed by atoms with Crippen molar-refractivity contribution in [3.63, 3.8) is 0 Å². The van der Waals surface area contributed by atoms with Crippen LogP contribution in [0.3, 0.4) is 0 Å². The Bertz CT molecular complexity index is 786. The van der Waals surface area contributed by atoms with Crippen LogP contribution in [0.25, 0.3) is 0 Å². The van der Waals surface area contributed by atoms with Gasteiger partial charge in [0.25, 0.3) is 0 Å². The van der Waals surface area contributed by atoms with Gasteiger partial charge in [0, 0.05) is 23.7 Å². The number of nitrogens with one attached hydrogen (secondary N) is 2. The van der Waals surface area contributed by atoms with Crippen molar-refractivity contribution in [2.75, 3.05) is 5.32 Å². The van der Waals surface area contributed by atoms with Gasteiger partial charge < -0.3 is 10.4 Å². The molecule has 1 fully saturated rings. The summed E-state index contributed by atoms with van der Waals surface area (Å²) in [6, 6.07) is 16.3. The molecule has 1 aliphatic heterocycles. The van der Waals surface area contributed by atoms with Crippen LogP contribution in [-0.4, -0.2) is 17.0 Å². The summed E-state index contributed by atoms with van der Waals surface area (Å²) in [4.78, 5) is 5.02. The SMILES string of the molecule is Cc1cccc(C2N=C(Nc3cccc(O)c3)C3CCCCC3N2)c1. The molecular formula is C21H25N3O. The first-order valence-electron chi connectivity index (χ1n) is 9.15. The lowest BCUT2D eigenvalue weighted by Crippen LogP contribution is -2.49. The van der Waals surface area contributed by atoms with E-state index >= 15 is 0 Å². The van der Waals surface area contributed by atoms with E-state index in [1.54, 1.807) is 12.1 Å². The lowest BCUT2D eigenvalue weighted by atomic mass is 9.82. The number of rotatable bonds is 2. The van der Waals surface area contributed by atoms with Crippen molar-refractivity contribution in [3.8, 4) is 5.75 Å². The fraction of sp³-hybridized carbons (Fsp3) is 0.381. The summed E-state index contributed by atoms with van der Waals surface area (Å²) in [6.07, 6.45) is 4.85. The van der Waals surface area contributed by atoms with Crippen LogP contribution in [0.5, 0.6) is 5.75 Å². The maximum Gasteiger partial charge on any atom is 0.127 e. The molecule has 0 saturated heterocycles. The Balaban J connectivity index is 1.67. The lowest BCUT2D eigenvalue weighted by molar-refractivity contribution is 0.279. The number of anilines is 1. The van der Waals surface area contributed by atoms with Crippen molar-refractivity contribution in [1.82, 2.24) is 5.32 Å². The molecule has 2 aliphatic rings. The highest BCUT2D eigenvalue weighted by atomic mass is 16.3. The molecule has 4 heteroatoms. The molecule has 2 aromatic carbocycles. The maximum absolute atomic E-state index is 9.74. The quantitative estimate of drug-likeness (QED) is 0.764. The summed E-state index contributed by atoms with van der Waals surface area (Å²) in [7, 11) is 0. The average Bonchev–Trinajstić information content (AvgIpc) is 2.62. The molecule has 1 heterocycles. The Labute approximate surface area is 149 Å². The van der Waals surface area contributed by atoms with Gasteiger partial charge in [0.05, 0.1) is 0 Å². The number of nitrogens with zero attached hydrogens (tertiary/aromatic N) is 1. The molecule has 0 bridgehead atoms. The van der Waals surface area contributed by atoms with E-state index in [1.807, 2.05) is 12.1 Å². The highest BCUT2D eigenvalue weighted by molar-refractivity contribution is 5.98. The summed E-state index contributed by atoms with van der Waals surface area (Å²) in [5, 5.41) is 17.0. The van der Waals surface area contributed by atoms with Crippen molar-refractivity contribution >= 4 is 11.5 Å². The minimum absolute atomic E-state index is 0.0148. The van der Waals surface area contributed by atoms with Gasteiger partial charge in [0.2, 0.25) is 0 Å². The molecule has 4 rings (SSSR count). The molecule has 25 heavy (non-hydrogen) atoms. The molecule has 2 aromatic rings. The zero-order valence-electron chi connectivity index (χ0n) is 14.6. The highest BCUT2D eigenvalue weighted by Gasteiger charge is 2.35. The van der Waals surface area contributed by atoms with Gasteiger partial charge in [0.15, 0.2) is 0 Å². The second kappa shape index (κ2) is 6.89. The van der Waals surface area contributed by atoms with Gasteiger partial charge in [-0.25, -0.2) is 4.99 Å². The van der Waals surface area contributed by atoms with Gasteiger partial charge in [-0.2, -0.15) is 0 Å². The van der Waals surface area contributed by atoms with Crippen LogP contribution in [0, 0.1) is 12.8 Å². The lowest BCUT2D eigenvalue weighted by Gasteiger charge is -2.39. The van der Waals surface area contributed by atoms with E-state index in [4.69, 9.17) is 4.99 Å². The molecule has 3 atom stereocenters. The third kappa shape index (κ3) is 3.54. The molecule has 4 nitrogen and oxygen atoms in total. The number of hydrogen-bond donors (Lipinski definition) is 3. The number of aliphatic imine (C=N–C) groups is 1. The Morgan fingerprint density at radius 2 is 1.92 bits per heavy atom. The number of amidine groups is 1. The van der Waals surface area contributed by atoms with Gasteiger partial charge >= 0.3 is 0 Å². The van der Waals surface area contributed by atoms with E-state index < -0.39 is 0 Å². The van der Waals surface area contributed by atoms with Crippen molar-refractivity contribution in [2.45, 2.75) is 44.8 Å². The van der Waals surface area contributed by atoms with E-state index in [1.165, 1.54) is 30.4 Å². The van der Waals surface area contributed by atoms with E-state index in [0.717, 1.165) is 17.9 Å². The van der Waals surface area contributed by atoms with Crippen LogP contribution in [0.4, 0.5) is 5.69 Å². The van der Waals surface area contributed by atoms with E-state index in [2.05, 4.69) is 41.8 Å². The largest absolute Gasteiger partial charge is 0.508 e. The van der Waals surface area contributed by atoms with Gasteiger partial charge in [0.1, 0.15) is 17.8 Å². The normalized spacial score (nSPS) is 25.8. The summed E-state index contributed by atoms with van der Waals surface area (Å²) in [6.45, 7) is 2.12. The van der Waals surface area contributed by atoms with Gasteiger partial charge in [-0.3, -0.25) is 5.32 Å². The average molecular weight is 335 g/mol. The van der Waals surface area contributed by atoms with Gasteiger partial charge in [-0.15, -0.1) is 0 Å².